The molecule has 0 amide bonds. The molecule has 5 aromatic rings. The second-order valence-corrected chi connectivity index (χ2v) is 7.04. The maximum absolute atomic E-state index is 9.37. The van der Waals surface area contributed by atoms with E-state index in [2.05, 4.69) is 0 Å². The molecule has 1 heterocycles. The molecular formula is C26H24Cl2O3Ti. The maximum atomic E-state index is 9.37. The molecule has 0 aliphatic carbocycles. The molecule has 0 unspecified atom stereocenters. The monoisotopic (exact) mass is 502 g/mol. The first-order chi connectivity index (χ1) is 14.6. The number of aromatic hydroxyl groups is 2. The van der Waals surface area contributed by atoms with Crippen molar-refractivity contribution >= 4 is 50.7 Å². The molecule has 4 aromatic carbocycles. The summed E-state index contributed by atoms with van der Waals surface area (Å²) in [5.74, 6) is 2.62. The van der Waals surface area contributed by atoms with Crippen LogP contribution in [0.25, 0.3) is 21.5 Å². The normalized spacial score (nSPS) is 9.25. The van der Waals surface area contributed by atoms with Gasteiger partial charge in [0.1, 0.15) is 11.5 Å². The average molecular weight is 503 g/mol. The van der Waals surface area contributed by atoms with E-state index in [1.165, 1.54) is 0 Å². The van der Waals surface area contributed by atoms with Crippen LogP contribution in [-0.4, -0.2) is 14.5 Å². The van der Waals surface area contributed by atoms with E-state index in [1.54, 1.807) is 12.1 Å². The predicted octanol–water partition coefficient (Wildman–Crippen LogP) is 7.22. The molecule has 1 aromatic heterocycles. The molecule has 3 nitrogen and oxygen atoms in total. The topological polar surface area (TPSA) is 53.6 Å². The van der Waals surface area contributed by atoms with Crippen LogP contribution >= 0.6 is 24.8 Å². The summed E-state index contributed by atoms with van der Waals surface area (Å²) in [7, 11) is 0. The third kappa shape index (κ3) is 7.54. The van der Waals surface area contributed by atoms with E-state index in [-0.39, 0.29) is 24.8 Å². The number of halogens is 2. The van der Waals surface area contributed by atoms with Gasteiger partial charge in [0, 0.05) is 10.8 Å². The third-order valence-corrected chi connectivity index (χ3v) is 4.88. The van der Waals surface area contributed by atoms with Crippen LogP contribution in [0.5, 0.6) is 11.5 Å². The van der Waals surface area contributed by atoms with Gasteiger partial charge in [0.2, 0.25) is 0 Å². The van der Waals surface area contributed by atoms with E-state index in [0.717, 1.165) is 33.1 Å². The average Bonchev–Trinajstić information content (AvgIpc) is 3.21. The molecule has 0 saturated heterocycles. The molecule has 6 heteroatoms. The number of aryl methyl sites for hydroxylation is 1. The fraction of sp³-hybridized carbons (Fsp3) is 0.0385. The van der Waals surface area contributed by atoms with Crippen molar-refractivity contribution in [2.24, 2.45) is 0 Å². The van der Waals surface area contributed by atoms with Crippen molar-refractivity contribution in [2.45, 2.75) is 6.92 Å². The Kier molecular flexibility index (Phi) is 11.8. The van der Waals surface area contributed by atoms with Crippen LogP contribution in [0.4, 0.5) is 0 Å². The Morgan fingerprint density at radius 3 is 1.41 bits per heavy atom. The van der Waals surface area contributed by atoms with E-state index in [4.69, 9.17) is 4.42 Å². The molecule has 0 aliphatic heterocycles. The van der Waals surface area contributed by atoms with Gasteiger partial charge in [-0.3, -0.25) is 0 Å². The van der Waals surface area contributed by atoms with Gasteiger partial charge in [0.25, 0.3) is 0 Å². The van der Waals surface area contributed by atoms with Crippen molar-refractivity contribution in [3.05, 3.63) is 109 Å². The zero-order chi connectivity index (χ0) is 21.3. The van der Waals surface area contributed by atoms with Crippen LogP contribution < -0.4 is 0 Å². The van der Waals surface area contributed by atoms with Crippen LogP contribution in [0.15, 0.2) is 101 Å². The zero-order valence-electron chi connectivity index (χ0n) is 17.4. The smallest absolute Gasteiger partial charge is 0.123 e. The number of phenolic OH excluding ortho intramolecular Hbond substituents is 2. The molecule has 0 radical (unpaired) electrons. The molecule has 0 fully saturated rings. The summed E-state index contributed by atoms with van der Waals surface area (Å²) in [5.41, 5.74) is 0. The van der Waals surface area contributed by atoms with Gasteiger partial charge in [-0.25, -0.2) is 0 Å². The molecule has 0 spiro atoms. The van der Waals surface area contributed by atoms with Gasteiger partial charge in [0.15, 0.2) is 0 Å². The summed E-state index contributed by atoms with van der Waals surface area (Å²) < 4.78 is 7.11. The first-order valence-electron chi connectivity index (χ1n) is 9.49. The number of rotatable bonds is 1. The van der Waals surface area contributed by atoms with Gasteiger partial charge in [-0.2, -0.15) is 0 Å². The van der Waals surface area contributed by atoms with Crippen molar-refractivity contribution in [1.29, 1.82) is 0 Å². The predicted molar refractivity (Wildman–Crippen MR) is 134 cm³/mol. The van der Waals surface area contributed by atoms with Gasteiger partial charge < -0.3 is 10.2 Å². The second-order valence-electron chi connectivity index (χ2n) is 6.59. The van der Waals surface area contributed by atoms with Gasteiger partial charge in [-0.15, -0.1) is 24.8 Å². The summed E-state index contributed by atoms with van der Waals surface area (Å²) in [5, 5.41) is 22.7. The van der Waals surface area contributed by atoms with E-state index < -0.39 is 0 Å². The summed E-state index contributed by atoms with van der Waals surface area (Å²) in [4.78, 5) is 0. The second kappa shape index (κ2) is 13.8. The molecule has 0 saturated carbocycles. The maximum Gasteiger partial charge on any atom is 0.123 e. The fourth-order valence-corrected chi connectivity index (χ4v) is 3.19. The molecule has 32 heavy (non-hydrogen) atoms. The SMILES string of the molecule is Cc1ccc([CH]=[Ti])o1.Cl.Cl.Oc1cccc2ccccc12.Oc1cccc2ccccc12. The molecule has 164 valence electrons. The number of hydrogen-bond donors (Lipinski definition) is 2. The van der Waals surface area contributed by atoms with Crippen molar-refractivity contribution in [3.63, 3.8) is 0 Å². The Balaban J connectivity index is 0.000000236. The van der Waals surface area contributed by atoms with Crippen LogP contribution in [0.3, 0.4) is 0 Å². The van der Waals surface area contributed by atoms with Gasteiger partial charge >= 0.3 is 59.3 Å². The third-order valence-electron chi connectivity index (χ3n) is 4.44. The summed E-state index contributed by atoms with van der Waals surface area (Å²) >= 11 is 1.96. The number of furan rings is 1. The fourth-order valence-electron chi connectivity index (χ4n) is 2.95. The number of benzene rings is 4. The minimum atomic E-state index is 0. The van der Waals surface area contributed by atoms with Crippen molar-refractivity contribution < 1.29 is 34.6 Å². The minimum Gasteiger partial charge on any atom is -0.507 e. The summed E-state index contributed by atoms with van der Waals surface area (Å²) in [6.45, 7) is 1.94. The Bertz CT molecular complexity index is 1180. The first-order valence-corrected chi connectivity index (χ1v) is 10.4. The molecular weight excluding hydrogens is 479 g/mol. The quantitative estimate of drug-likeness (QED) is 0.238. The zero-order valence-corrected chi connectivity index (χ0v) is 20.6. The number of fused-ring (bicyclic) bond motifs is 2. The minimum absolute atomic E-state index is 0. The molecule has 2 N–H and O–H groups in total. The van der Waals surface area contributed by atoms with Crippen LogP contribution in [-0.2, 0) is 20.0 Å². The summed E-state index contributed by atoms with van der Waals surface area (Å²) in [6.07, 6.45) is 0. The van der Waals surface area contributed by atoms with Crippen LogP contribution in [0.2, 0.25) is 0 Å². The Hall–Kier alpha value is -2.56. The molecule has 0 bridgehead atoms. The Labute approximate surface area is 211 Å². The Morgan fingerprint density at radius 1 is 0.625 bits per heavy atom. The van der Waals surface area contributed by atoms with Crippen molar-refractivity contribution in [3.8, 4) is 11.5 Å². The summed E-state index contributed by atoms with van der Waals surface area (Å²) in [6, 6.07) is 30.5. The van der Waals surface area contributed by atoms with Crippen LogP contribution in [0.1, 0.15) is 11.5 Å². The number of hydrogen-bond acceptors (Lipinski definition) is 3. The molecule has 5 rings (SSSR count). The van der Waals surface area contributed by atoms with E-state index in [9.17, 15) is 10.2 Å². The van der Waals surface area contributed by atoms with Crippen molar-refractivity contribution in [1.82, 2.24) is 0 Å². The standard InChI is InChI=1S/2C10H8O.C6H6O.2ClH.Ti/c2*11-10-7-3-5-8-4-1-2-6-9(8)10;1-5-3-4-6(2)7-5;;;/h2*1-7,11H;1,3-4H,2H3;2*1H;. The largest absolute Gasteiger partial charge is 0.507 e. The van der Waals surface area contributed by atoms with E-state index in [0.29, 0.717) is 11.5 Å². The van der Waals surface area contributed by atoms with Crippen molar-refractivity contribution in [2.75, 3.05) is 0 Å². The van der Waals surface area contributed by atoms with Crippen LogP contribution in [0, 0.1) is 6.92 Å². The first kappa shape index (κ1) is 27.5. The Morgan fingerprint density at radius 2 is 1.06 bits per heavy atom. The molecule has 0 atom stereocenters. The molecule has 0 aliphatic rings. The van der Waals surface area contributed by atoms with E-state index in [1.807, 2.05) is 116 Å². The van der Waals surface area contributed by atoms with Gasteiger partial charge in [-0.05, 0) is 22.9 Å². The number of phenols is 2. The van der Waals surface area contributed by atoms with Gasteiger partial charge in [0.05, 0.1) is 0 Å². The van der Waals surface area contributed by atoms with E-state index >= 15 is 0 Å². The van der Waals surface area contributed by atoms with Gasteiger partial charge in [-0.1, -0.05) is 72.8 Å².